The van der Waals surface area contributed by atoms with E-state index in [0.29, 0.717) is 49.7 Å². The molecule has 0 saturated carbocycles. The zero-order valence-electron chi connectivity index (χ0n) is 29.8. The van der Waals surface area contributed by atoms with Crippen molar-refractivity contribution in [2.75, 3.05) is 71.0 Å². The molecule has 3 aromatic carbocycles. The number of rotatable bonds is 14. The predicted octanol–water partition coefficient (Wildman–Crippen LogP) is 4.91. The number of para-hydroxylation sites is 1. The molecule has 0 aromatic heterocycles. The molecule has 1 saturated heterocycles. The molecule has 11 heteroatoms. The lowest BCUT2D eigenvalue weighted by Crippen LogP contribution is -2.46. The van der Waals surface area contributed by atoms with E-state index in [1.54, 1.807) is 12.0 Å². The molecule has 3 atom stereocenters. The molecular formula is C39H49N4O7+. The maximum Gasteiger partial charge on any atom is 0.308 e. The average Bonchev–Trinajstić information content (AvgIpc) is 3.78. The fraction of sp³-hybridized carbons (Fsp3) is 0.462. The van der Waals surface area contributed by atoms with Crippen LogP contribution in [0, 0.1) is 5.92 Å². The molecule has 11 nitrogen and oxygen atoms in total. The van der Waals surface area contributed by atoms with Gasteiger partial charge in [-0.05, 0) is 54.3 Å². The SMILES string of the molecule is CCCCN(C(=O)CN1CC(c2cc(OC)c3c(c2)OCO3)C(C(=O)O)C1CCN1C(=O)Cc2ccccc21)c1cccc(C[N+](C)(C)C)c1. The van der Waals surface area contributed by atoms with Crippen molar-refractivity contribution in [2.24, 2.45) is 5.92 Å². The van der Waals surface area contributed by atoms with Gasteiger partial charge in [0.15, 0.2) is 11.5 Å². The monoisotopic (exact) mass is 685 g/mol. The molecule has 3 aliphatic rings. The summed E-state index contributed by atoms with van der Waals surface area (Å²) in [7, 11) is 7.96. The quantitative estimate of drug-likeness (QED) is 0.239. The number of carbonyl (C=O) groups excluding carboxylic acids is 2. The molecular weight excluding hydrogens is 636 g/mol. The minimum absolute atomic E-state index is 0.00439. The summed E-state index contributed by atoms with van der Waals surface area (Å²) in [6.07, 6.45) is 2.47. The summed E-state index contributed by atoms with van der Waals surface area (Å²) in [5.74, 6) is -0.871. The minimum atomic E-state index is -0.949. The number of carbonyl (C=O) groups is 3. The van der Waals surface area contributed by atoms with Crippen LogP contribution in [0.1, 0.15) is 48.8 Å². The van der Waals surface area contributed by atoms with Crippen molar-refractivity contribution in [3.8, 4) is 17.2 Å². The number of amides is 2. The minimum Gasteiger partial charge on any atom is -0.493 e. The highest BCUT2D eigenvalue weighted by Gasteiger charge is 2.48. The first-order valence-corrected chi connectivity index (χ1v) is 17.5. The van der Waals surface area contributed by atoms with Crippen molar-refractivity contribution in [1.29, 1.82) is 0 Å². The summed E-state index contributed by atoms with van der Waals surface area (Å²) in [4.78, 5) is 46.4. The van der Waals surface area contributed by atoms with Crippen molar-refractivity contribution in [1.82, 2.24) is 4.90 Å². The summed E-state index contributed by atoms with van der Waals surface area (Å²) >= 11 is 0. The lowest BCUT2D eigenvalue weighted by Gasteiger charge is -2.31. The van der Waals surface area contributed by atoms with Crippen LogP contribution in [0.5, 0.6) is 17.2 Å². The normalized spacial score (nSPS) is 19.9. The van der Waals surface area contributed by atoms with Crippen LogP contribution >= 0.6 is 0 Å². The number of quaternary nitrogens is 1. The van der Waals surface area contributed by atoms with Gasteiger partial charge in [0.25, 0.3) is 0 Å². The van der Waals surface area contributed by atoms with Crippen LogP contribution in [0.2, 0.25) is 0 Å². The predicted molar refractivity (Wildman–Crippen MR) is 191 cm³/mol. The summed E-state index contributed by atoms with van der Waals surface area (Å²) in [6.45, 7) is 4.26. The lowest BCUT2D eigenvalue weighted by molar-refractivity contribution is -0.884. The van der Waals surface area contributed by atoms with Crippen molar-refractivity contribution in [2.45, 2.75) is 51.1 Å². The number of nitrogens with zero attached hydrogens (tertiary/aromatic N) is 4. The Morgan fingerprint density at radius 1 is 1.06 bits per heavy atom. The topological polar surface area (TPSA) is 109 Å². The molecule has 6 rings (SSSR count). The van der Waals surface area contributed by atoms with Gasteiger partial charge in [-0.3, -0.25) is 19.3 Å². The number of aliphatic carboxylic acids is 1. The molecule has 0 bridgehead atoms. The summed E-state index contributed by atoms with van der Waals surface area (Å²) in [5.41, 5.74) is 4.56. The van der Waals surface area contributed by atoms with Gasteiger partial charge in [-0.25, -0.2) is 0 Å². The highest BCUT2D eigenvalue weighted by atomic mass is 16.7. The van der Waals surface area contributed by atoms with Gasteiger partial charge in [0.05, 0.1) is 47.1 Å². The molecule has 3 aromatic rings. The van der Waals surface area contributed by atoms with Crippen LogP contribution in [-0.2, 0) is 27.3 Å². The van der Waals surface area contributed by atoms with Crippen molar-refractivity contribution in [3.05, 3.63) is 77.4 Å². The molecule has 50 heavy (non-hydrogen) atoms. The number of carboxylic acids is 1. The number of hydrogen-bond donors (Lipinski definition) is 1. The van der Waals surface area contributed by atoms with Crippen molar-refractivity contribution >= 4 is 29.2 Å². The number of carboxylic acid groups (broad SMARTS) is 1. The average molecular weight is 686 g/mol. The second kappa shape index (κ2) is 14.7. The lowest BCUT2D eigenvalue weighted by atomic mass is 9.84. The number of ether oxygens (including phenoxy) is 3. The van der Waals surface area contributed by atoms with Gasteiger partial charge >= 0.3 is 5.97 Å². The largest absolute Gasteiger partial charge is 0.493 e. The maximum absolute atomic E-state index is 14.4. The Morgan fingerprint density at radius 2 is 1.86 bits per heavy atom. The number of hydrogen-bond acceptors (Lipinski definition) is 7. The Kier molecular flexibility index (Phi) is 10.4. The van der Waals surface area contributed by atoms with E-state index < -0.39 is 23.8 Å². The third-order valence-electron chi connectivity index (χ3n) is 9.97. The zero-order chi connectivity index (χ0) is 35.6. The van der Waals surface area contributed by atoms with Gasteiger partial charge < -0.3 is 33.6 Å². The third kappa shape index (κ3) is 7.44. The van der Waals surface area contributed by atoms with E-state index in [0.717, 1.165) is 51.9 Å². The molecule has 1 N–H and O–H groups in total. The van der Waals surface area contributed by atoms with E-state index >= 15 is 0 Å². The van der Waals surface area contributed by atoms with Gasteiger partial charge in [-0.15, -0.1) is 0 Å². The summed E-state index contributed by atoms with van der Waals surface area (Å²) in [6, 6.07) is 19.0. The molecule has 0 spiro atoms. The van der Waals surface area contributed by atoms with E-state index in [4.69, 9.17) is 14.2 Å². The van der Waals surface area contributed by atoms with E-state index in [2.05, 4.69) is 40.2 Å². The smallest absolute Gasteiger partial charge is 0.308 e. The molecule has 0 aliphatic carbocycles. The van der Waals surface area contributed by atoms with Crippen LogP contribution in [0.4, 0.5) is 11.4 Å². The van der Waals surface area contributed by atoms with E-state index in [1.165, 1.54) is 0 Å². The number of benzene rings is 3. The molecule has 1 fully saturated rings. The molecule has 3 unspecified atom stereocenters. The van der Waals surface area contributed by atoms with Crippen LogP contribution in [0.25, 0.3) is 0 Å². The molecule has 0 radical (unpaired) electrons. The molecule has 2 amide bonds. The fourth-order valence-corrected chi connectivity index (χ4v) is 7.72. The van der Waals surface area contributed by atoms with Gasteiger partial charge in [-0.2, -0.15) is 0 Å². The third-order valence-corrected chi connectivity index (χ3v) is 9.97. The van der Waals surface area contributed by atoms with Crippen molar-refractivity contribution < 1.29 is 38.2 Å². The van der Waals surface area contributed by atoms with Gasteiger partial charge in [0.1, 0.15) is 6.54 Å². The number of fused-ring (bicyclic) bond motifs is 2. The Labute approximate surface area is 294 Å². The second-order valence-electron chi connectivity index (χ2n) is 14.6. The number of methoxy groups -OCH3 is 1. The van der Waals surface area contributed by atoms with Gasteiger partial charge in [-0.1, -0.05) is 43.7 Å². The first-order valence-electron chi connectivity index (χ1n) is 17.5. The Morgan fingerprint density at radius 3 is 2.60 bits per heavy atom. The summed E-state index contributed by atoms with van der Waals surface area (Å²) in [5, 5.41) is 10.8. The highest BCUT2D eigenvalue weighted by Crippen LogP contribution is 2.47. The van der Waals surface area contributed by atoms with Crippen LogP contribution in [0.15, 0.2) is 60.7 Å². The van der Waals surface area contributed by atoms with Crippen molar-refractivity contribution in [3.63, 3.8) is 0 Å². The Balaban J connectivity index is 1.33. The summed E-state index contributed by atoms with van der Waals surface area (Å²) < 4.78 is 17.7. The Hall–Kier alpha value is -4.61. The molecule has 3 heterocycles. The van der Waals surface area contributed by atoms with Crippen LogP contribution in [0.3, 0.4) is 0 Å². The number of anilines is 2. The van der Waals surface area contributed by atoms with E-state index in [1.807, 2.05) is 58.3 Å². The zero-order valence-corrected chi connectivity index (χ0v) is 29.8. The van der Waals surface area contributed by atoms with E-state index in [9.17, 15) is 19.5 Å². The van der Waals surface area contributed by atoms with E-state index in [-0.39, 0.29) is 25.2 Å². The van der Waals surface area contributed by atoms with Crippen LogP contribution < -0.4 is 24.0 Å². The maximum atomic E-state index is 14.4. The second-order valence-corrected chi connectivity index (χ2v) is 14.6. The first-order chi connectivity index (χ1) is 24.0. The number of likely N-dealkylation sites (tertiary alicyclic amines) is 1. The van der Waals surface area contributed by atoms with Gasteiger partial charge in [0, 0.05) is 48.5 Å². The standard InChI is InChI=1S/C39H48N4O7/c1-6-7-16-41(29-13-10-11-26(18-29)24-43(2,3)4)36(45)23-40-22-30(28-19-33(48-5)38-34(20-28)49-25-50-38)37(39(46)47)32(40)15-17-42-31-14-9-8-12-27(31)21-35(42)44/h8-14,18-20,30,32,37H,6-7,15-17,21-25H2,1-5H3/p+1. The molecule has 266 valence electrons. The highest BCUT2D eigenvalue weighted by molar-refractivity contribution is 6.01. The number of unbranched alkanes of at least 4 members (excludes halogenated alkanes) is 1. The first kappa shape index (κ1) is 35.2. The fourth-order valence-electron chi connectivity index (χ4n) is 7.72. The molecule has 3 aliphatic heterocycles. The van der Waals surface area contributed by atoms with Gasteiger partial charge in [0.2, 0.25) is 24.4 Å². The Bertz CT molecular complexity index is 1740. The van der Waals surface area contributed by atoms with Crippen LogP contribution in [-0.4, -0.2) is 99.5 Å².